The number of anilines is 1. The van der Waals surface area contributed by atoms with E-state index in [1.54, 1.807) is 18.2 Å². The van der Waals surface area contributed by atoms with E-state index in [0.29, 0.717) is 10.8 Å². The van der Waals surface area contributed by atoms with Crippen molar-refractivity contribution in [3.63, 3.8) is 0 Å². The summed E-state index contributed by atoms with van der Waals surface area (Å²) in [4.78, 5) is 2.52. The second-order valence-corrected chi connectivity index (χ2v) is 6.17. The van der Waals surface area contributed by atoms with Gasteiger partial charge in [-0.05, 0) is 62.6 Å². The van der Waals surface area contributed by atoms with Crippen LogP contribution in [-0.4, -0.2) is 36.2 Å². The molecule has 0 aromatic heterocycles. The molecular formula is C16H24FN3S. The van der Waals surface area contributed by atoms with Gasteiger partial charge in [-0.25, -0.2) is 4.39 Å². The molecule has 2 rings (SSSR count). The second kappa shape index (κ2) is 8.29. The molecule has 0 amide bonds. The molecule has 116 valence electrons. The van der Waals surface area contributed by atoms with E-state index in [2.05, 4.69) is 22.5 Å². The third-order valence-corrected chi connectivity index (χ3v) is 4.05. The average molecular weight is 309 g/mol. The van der Waals surface area contributed by atoms with Gasteiger partial charge in [-0.15, -0.1) is 0 Å². The molecule has 1 aromatic rings. The summed E-state index contributed by atoms with van der Waals surface area (Å²) in [5, 5.41) is 6.50. The molecule has 2 N–H and O–H groups in total. The second-order valence-electron chi connectivity index (χ2n) is 5.76. The van der Waals surface area contributed by atoms with E-state index in [-0.39, 0.29) is 5.82 Å². The van der Waals surface area contributed by atoms with Crippen molar-refractivity contribution in [1.29, 1.82) is 0 Å². The number of nitrogens with zero attached hydrogens (tertiary/aromatic N) is 1. The first-order valence-electron chi connectivity index (χ1n) is 7.67. The van der Waals surface area contributed by atoms with Gasteiger partial charge in [0.15, 0.2) is 5.11 Å². The van der Waals surface area contributed by atoms with Crippen molar-refractivity contribution < 1.29 is 4.39 Å². The number of hydrogen-bond acceptors (Lipinski definition) is 2. The maximum absolute atomic E-state index is 13.5. The van der Waals surface area contributed by atoms with E-state index < -0.39 is 0 Å². The largest absolute Gasteiger partial charge is 0.362 e. The van der Waals surface area contributed by atoms with Crippen LogP contribution in [0.2, 0.25) is 0 Å². The van der Waals surface area contributed by atoms with Crippen LogP contribution in [0, 0.1) is 11.7 Å². The molecule has 0 unspecified atom stereocenters. The Morgan fingerprint density at radius 3 is 3.00 bits per heavy atom. The first-order valence-corrected chi connectivity index (χ1v) is 8.07. The fourth-order valence-corrected chi connectivity index (χ4v) is 2.94. The van der Waals surface area contributed by atoms with Gasteiger partial charge in [0.2, 0.25) is 0 Å². The van der Waals surface area contributed by atoms with Crippen LogP contribution in [0.15, 0.2) is 24.3 Å². The Morgan fingerprint density at radius 1 is 1.43 bits per heavy atom. The molecule has 1 aromatic carbocycles. The number of likely N-dealkylation sites (tertiary alicyclic amines) is 1. The molecule has 1 aliphatic rings. The lowest BCUT2D eigenvalue weighted by atomic mass is 10.0. The van der Waals surface area contributed by atoms with Gasteiger partial charge in [0, 0.05) is 13.1 Å². The highest BCUT2D eigenvalue weighted by Crippen LogP contribution is 2.15. The lowest BCUT2D eigenvalue weighted by Crippen LogP contribution is -2.37. The minimum Gasteiger partial charge on any atom is -0.362 e. The van der Waals surface area contributed by atoms with Crippen LogP contribution >= 0.6 is 12.2 Å². The van der Waals surface area contributed by atoms with Gasteiger partial charge in [-0.3, -0.25) is 0 Å². The summed E-state index contributed by atoms with van der Waals surface area (Å²) in [6.07, 6.45) is 3.71. The predicted octanol–water partition coefficient (Wildman–Crippen LogP) is 3.23. The van der Waals surface area contributed by atoms with Crippen molar-refractivity contribution in [3.8, 4) is 0 Å². The van der Waals surface area contributed by atoms with Gasteiger partial charge < -0.3 is 15.5 Å². The highest BCUT2D eigenvalue weighted by atomic mass is 32.1. The monoisotopic (exact) mass is 309 g/mol. The molecule has 0 saturated carbocycles. The molecule has 21 heavy (non-hydrogen) atoms. The summed E-state index contributed by atoms with van der Waals surface area (Å²) >= 11 is 5.18. The van der Waals surface area contributed by atoms with E-state index in [0.717, 1.165) is 25.4 Å². The number of halogens is 1. The lowest BCUT2D eigenvalue weighted by Gasteiger charge is -2.30. The van der Waals surface area contributed by atoms with Gasteiger partial charge >= 0.3 is 0 Å². The number of nitrogens with one attached hydrogen (secondary N) is 2. The molecule has 0 radical (unpaired) electrons. The first-order chi connectivity index (χ1) is 10.1. The van der Waals surface area contributed by atoms with E-state index >= 15 is 0 Å². The first kappa shape index (κ1) is 16.2. The maximum atomic E-state index is 13.5. The predicted molar refractivity (Wildman–Crippen MR) is 90.1 cm³/mol. The van der Waals surface area contributed by atoms with Crippen LogP contribution in [0.25, 0.3) is 0 Å². The van der Waals surface area contributed by atoms with Crippen LogP contribution < -0.4 is 10.6 Å². The normalized spacial score (nSPS) is 19.2. The standard InChI is InChI=1S/C16H24FN3S/c1-13-6-4-10-20(12-13)11-5-9-18-16(21)19-15-8-3-2-7-14(15)17/h2-3,7-8,13H,4-6,9-12H2,1H3,(H2,18,19,21)/t13-/m0/s1. The minimum atomic E-state index is -0.288. The summed E-state index contributed by atoms with van der Waals surface area (Å²) in [5.74, 6) is 0.527. The summed E-state index contributed by atoms with van der Waals surface area (Å²) in [6, 6.07) is 6.54. The molecule has 1 heterocycles. The summed E-state index contributed by atoms with van der Waals surface area (Å²) in [7, 11) is 0. The molecule has 1 atom stereocenters. The highest BCUT2D eigenvalue weighted by molar-refractivity contribution is 7.80. The fourth-order valence-electron chi connectivity index (χ4n) is 2.72. The summed E-state index contributed by atoms with van der Waals surface area (Å²) in [6.45, 7) is 6.64. The van der Waals surface area contributed by atoms with Gasteiger partial charge in [0.1, 0.15) is 5.82 Å². The number of hydrogen-bond donors (Lipinski definition) is 2. The zero-order valence-electron chi connectivity index (χ0n) is 12.6. The van der Waals surface area contributed by atoms with Gasteiger partial charge in [-0.2, -0.15) is 0 Å². The van der Waals surface area contributed by atoms with Crippen molar-refractivity contribution in [3.05, 3.63) is 30.1 Å². The summed E-state index contributed by atoms with van der Waals surface area (Å²) in [5.41, 5.74) is 0.417. The van der Waals surface area contributed by atoms with E-state index in [9.17, 15) is 4.39 Å². The molecular weight excluding hydrogens is 285 g/mol. The SMILES string of the molecule is C[C@H]1CCCN(CCCNC(=S)Nc2ccccc2F)C1. The van der Waals surface area contributed by atoms with Crippen molar-refractivity contribution in [2.45, 2.75) is 26.2 Å². The zero-order valence-corrected chi connectivity index (χ0v) is 13.4. The van der Waals surface area contributed by atoms with E-state index in [1.165, 1.54) is 32.0 Å². The van der Waals surface area contributed by atoms with Crippen LogP contribution in [0.1, 0.15) is 26.2 Å². The van der Waals surface area contributed by atoms with Gasteiger partial charge in [-0.1, -0.05) is 19.1 Å². The van der Waals surface area contributed by atoms with Crippen molar-refractivity contribution >= 4 is 23.0 Å². The van der Waals surface area contributed by atoms with Crippen molar-refractivity contribution in [2.75, 3.05) is 31.5 Å². The number of rotatable bonds is 5. The number of benzene rings is 1. The van der Waals surface area contributed by atoms with E-state index in [1.807, 2.05) is 0 Å². The van der Waals surface area contributed by atoms with Crippen LogP contribution in [0.3, 0.4) is 0 Å². The van der Waals surface area contributed by atoms with Crippen LogP contribution in [0.4, 0.5) is 10.1 Å². The molecule has 3 nitrogen and oxygen atoms in total. The molecule has 0 aliphatic carbocycles. The van der Waals surface area contributed by atoms with Gasteiger partial charge in [0.25, 0.3) is 0 Å². The smallest absolute Gasteiger partial charge is 0.170 e. The molecule has 0 spiro atoms. The fraction of sp³-hybridized carbons (Fsp3) is 0.562. The highest BCUT2D eigenvalue weighted by Gasteiger charge is 2.15. The molecule has 5 heteroatoms. The Hall–Kier alpha value is -1.20. The van der Waals surface area contributed by atoms with Crippen molar-refractivity contribution in [2.24, 2.45) is 5.92 Å². The zero-order chi connectivity index (χ0) is 15.1. The number of piperidine rings is 1. The Bertz CT molecular complexity index is 467. The molecule has 1 saturated heterocycles. The third-order valence-electron chi connectivity index (χ3n) is 3.80. The van der Waals surface area contributed by atoms with Crippen molar-refractivity contribution in [1.82, 2.24) is 10.2 Å². The van der Waals surface area contributed by atoms with Crippen LogP contribution in [-0.2, 0) is 0 Å². The molecule has 1 fully saturated rings. The van der Waals surface area contributed by atoms with Gasteiger partial charge in [0.05, 0.1) is 5.69 Å². The number of para-hydroxylation sites is 1. The number of thiocarbonyl (C=S) groups is 1. The Labute approximate surface area is 131 Å². The molecule has 0 bridgehead atoms. The lowest BCUT2D eigenvalue weighted by molar-refractivity contribution is 0.182. The minimum absolute atomic E-state index is 0.288. The average Bonchev–Trinajstić information content (AvgIpc) is 2.46. The third kappa shape index (κ3) is 5.59. The van der Waals surface area contributed by atoms with E-state index in [4.69, 9.17) is 12.2 Å². The Kier molecular flexibility index (Phi) is 6.39. The topological polar surface area (TPSA) is 27.3 Å². The maximum Gasteiger partial charge on any atom is 0.170 e. The Morgan fingerprint density at radius 2 is 2.24 bits per heavy atom. The quantitative estimate of drug-likeness (QED) is 0.645. The Balaban J connectivity index is 1.62. The summed E-state index contributed by atoms with van der Waals surface area (Å²) < 4.78 is 13.5. The van der Waals surface area contributed by atoms with Crippen LogP contribution in [0.5, 0.6) is 0 Å². The molecule has 1 aliphatic heterocycles.